The molecule has 2 rings (SSSR count). The van der Waals surface area contributed by atoms with E-state index in [4.69, 9.17) is 18.0 Å². The van der Waals surface area contributed by atoms with Gasteiger partial charge in [0.1, 0.15) is 4.99 Å². The molecule has 0 aliphatic heterocycles. The molecule has 0 saturated heterocycles. The van der Waals surface area contributed by atoms with E-state index in [0.717, 1.165) is 15.6 Å². The highest BCUT2D eigenvalue weighted by atomic mass is 79.9. The zero-order chi connectivity index (χ0) is 15.6. The van der Waals surface area contributed by atoms with Crippen LogP contribution >= 0.6 is 28.1 Å². The maximum absolute atomic E-state index is 12.4. The van der Waals surface area contributed by atoms with E-state index in [-0.39, 0.29) is 10.9 Å². The average Bonchev–Trinajstić information content (AvgIpc) is 2.41. The van der Waals surface area contributed by atoms with Gasteiger partial charge in [0.2, 0.25) is 0 Å². The SMILES string of the molecule is Cc1cc(C(=O)Nc2cccc(C)c2C(N)=S)ccc1Br. The number of nitrogens with one attached hydrogen (secondary N) is 1. The quantitative estimate of drug-likeness (QED) is 0.812. The minimum absolute atomic E-state index is 0.186. The van der Waals surface area contributed by atoms with Gasteiger partial charge in [0.25, 0.3) is 5.91 Å². The number of benzene rings is 2. The first kappa shape index (κ1) is 15.7. The molecule has 0 heterocycles. The van der Waals surface area contributed by atoms with Crippen molar-refractivity contribution in [1.82, 2.24) is 0 Å². The van der Waals surface area contributed by atoms with Gasteiger partial charge in [0.15, 0.2) is 0 Å². The third kappa shape index (κ3) is 3.49. The maximum Gasteiger partial charge on any atom is 0.255 e. The van der Waals surface area contributed by atoms with E-state index in [1.807, 2.05) is 38.1 Å². The number of hydrogen-bond donors (Lipinski definition) is 2. The molecule has 0 atom stereocenters. The van der Waals surface area contributed by atoms with Crippen molar-refractivity contribution < 1.29 is 4.79 Å². The fourth-order valence-electron chi connectivity index (χ4n) is 2.08. The van der Waals surface area contributed by atoms with Gasteiger partial charge in [-0.25, -0.2) is 0 Å². The number of amides is 1. The summed E-state index contributed by atoms with van der Waals surface area (Å²) in [5.41, 5.74) is 9.61. The normalized spacial score (nSPS) is 10.2. The average molecular weight is 363 g/mol. The molecule has 0 spiro atoms. The number of carbonyl (C=O) groups excluding carboxylic acids is 1. The van der Waals surface area contributed by atoms with Crippen molar-refractivity contribution in [3.63, 3.8) is 0 Å². The highest BCUT2D eigenvalue weighted by Crippen LogP contribution is 2.22. The molecule has 0 aliphatic carbocycles. The lowest BCUT2D eigenvalue weighted by atomic mass is 10.1. The smallest absolute Gasteiger partial charge is 0.255 e. The Kier molecular flexibility index (Phi) is 4.75. The molecule has 3 N–H and O–H groups in total. The number of carbonyl (C=O) groups is 1. The van der Waals surface area contributed by atoms with Crippen LogP contribution in [-0.4, -0.2) is 10.9 Å². The van der Waals surface area contributed by atoms with Crippen LogP contribution < -0.4 is 11.1 Å². The van der Waals surface area contributed by atoms with Crippen LogP contribution in [0.25, 0.3) is 0 Å². The number of nitrogens with two attached hydrogens (primary N) is 1. The minimum Gasteiger partial charge on any atom is -0.389 e. The molecule has 2 aromatic carbocycles. The van der Waals surface area contributed by atoms with Gasteiger partial charge in [0, 0.05) is 15.6 Å². The first-order valence-electron chi connectivity index (χ1n) is 6.37. The molecule has 21 heavy (non-hydrogen) atoms. The third-order valence-corrected chi connectivity index (χ3v) is 4.28. The summed E-state index contributed by atoms with van der Waals surface area (Å²) in [5, 5.41) is 2.87. The number of hydrogen-bond acceptors (Lipinski definition) is 2. The van der Waals surface area contributed by atoms with Gasteiger partial charge in [0.05, 0.1) is 5.69 Å². The standard InChI is InChI=1S/C16H15BrN2OS/c1-9-4-3-5-13(14(9)15(18)21)19-16(20)11-6-7-12(17)10(2)8-11/h3-8H,1-2H3,(H2,18,21)(H,19,20). The Morgan fingerprint density at radius 2 is 1.90 bits per heavy atom. The van der Waals surface area contributed by atoms with Crippen LogP contribution in [0.2, 0.25) is 0 Å². The second-order valence-corrected chi connectivity index (χ2v) is 6.07. The van der Waals surface area contributed by atoms with Crippen LogP contribution in [0.4, 0.5) is 5.69 Å². The van der Waals surface area contributed by atoms with Gasteiger partial charge in [-0.15, -0.1) is 0 Å². The topological polar surface area (TPSA) is 55.1 Å². The van der Waals surface area contributed by atoms with Gasteiger partial charge >= 0.3 is 0 Å². The Morgan fingerprint density at radius 1 is 1.19 bits per heavy atom. The second kappa shape index (κ2) is 6.37. The highest BCUT2D eigenvalue weighted by Gasteiger charge is 2.13. The Hall–Kier alpha value is -1.72. The minimum atomic E-state index is -0.186. The molecule has 3 nitrogen and oxygen atoms in total. The largest absolute Gasteiger partial charge is 0.389 e. The third-order valence-electron chi connectivity index (χ3n) is 3.19. The van der Waals surface area contributed by atoms with Crippen molar-refractivity contribution >= 4 is 44.7 Å². The molecular formula is C16H15BrN2OS. The molecule has 0 aromatic heterocycles. The summed E-state index contributed by atoms with van der Waals surface area (Å²) in [6.07, 6.45) is 0. The molecule has 0 saturated carbocycles. The summed E-state index contributed by atoms with van der Waals surface area (Å²) >= 11 is 8.48. The van der Waals surface area contributed by atoms with Crippen LogP contribution in [0, 0.1) is 13.8 Å². The zero-order valence-corrected chi connectivity index (χ0v) is 14.1. The van der Waals surface area contributed by atoms with E-state index >= 15 is 0 Å². The highest BCUT2D eigenvalue weighted by molar-refractivity contribution is 9.10. The lowest BCUT2D eigenvalue weighted by Gasteiger charge is -2.13. The lowest BCUT2D eigenvalue weighted by Crippen LogP contribution is -2.18. The Morgan fingerprint density at radius 3 is 2.52 bits per heavy atom. The number of rotatable bonds is 3. The Bertz CT molecular complexity index is 728. The fourth-order valence-corrected chi connectivity index (χ4v) is 2.60. The van der Waals surface area contributed by atoms with E-state index in [2.05, 4.69) is 21.2 Å². The van der Waals surface area contributed by atoms with E-state index in [0.29, 0.717) is 16.8 Å². The summed E-state index contributed by atoms with van der Waals surface area (Å²) in [6, 6.07) is 11.0. The molecular weight excluding hydrogens is 348 g/mol. The van der Waals surface area contributed by atoms with Crippen LogP contribution in [0.1, 0.15) is 27.0 Å². The second-order valence-electron chi connectivity index (χ2n) is 4.78. The van der Waals surface area contributed by atoms with E-state index in [9.17, 15) is 4.79 Å². The van der Waals surface area contributed by atoms with Crippen molar-refractivity contribution in [2.45, 2.75) is 13.8 Å². The van der Waals surface area contributed by atoms with Crippen molar-refractivity contribution in [2.24, 2.45) is 5.73 Å². The summed E-state index contributed by atoms with van der Waals surface area (Å²) in [5.74, 6) is -0.186. The number of anilines is 1. The monoisotopic (exact) mass is 362 g/mol. The number of aryl methyl sites for hydroxylation is 2. The van der Waals surface area contributed by atoms with E-state index in [1.165, 1.54) is 0 Å². The lowest BCUT2D eigenvalue weighted by molar-refractivity contribution is 0.102. The number of halogens is 1. The van der Waals surface area contributed by atoms with Crippen molar-refractivity contribution in [3.05, 3.63) is 63.1 Å². The number of thiocarbonyl (C=S) groups is 1. The van der Waals surface area contributed by atoms with Crippen molar-refractivity contribution in [3.8, 4) is 0 Å². The molecule has 0 unspecified atom stereocenters. The Balaban J connectivity index is 2.34. The van der Waals surface area contributed by atoms with Gasteiger partial charge < -0.3 is 11.1 Å². The fraction of sp³-hybridized carbons (Fsp3) is 0.125. The van der Waals surface area contributed by atoms with Crippen LogP contribution in [0.15, 0.2) is 40.9 Å². The predicted octanol–water partition coefficient (Wildman–Crippen LogP) is 3.95. The van der Waals surface area contributed by atoms with Crippen molar-refractivity contribution in [1.29, 1.82) is 0 Å². The molecule has 0 radical (unpaired) electrons. The summed E-state index contributed by atoms with van der Waals surface area (Å²) < 4.78 is 0.971. The first-order valence-corrected chi connectivity index (χ1v) is 7.57. The summed E-state index contributed by atoms with van der Waals surface area (Å²) in [6.45, 7) is 3.85. The molecule has 2 aromatic rings. The Labute approximate surface area is 137 Å². The molecule has 0 bridgehead atoms. The van der Waals surface area contributed by atoms with Crippen LogP contribution in [0.3, 0.4) is 0 Å². The molecule has 1 amide bonds. The van der Waals surface area contributed by atoms with Crippen LogP contribution in [0.5, 0.6) is 0 Å². The van der Waals surface area contributed by atoms with Gasteiger partial charge in [-0.05, 0) is 49.2 Å². The van der Waals surface area contributed by atoms with Crippen molar-refractivity contribution in [2.75, 3.05) is 5.32 Å². The molecule has 108 valence electrons. The molecule has 0 fully saturated rings. The molecule has 5 heteroatoms. The van der Waals surface area contributed by atoms with Gasteiger partial charge in [-0.2, -0.15) is 0 Å². The van der Waals surface area contributed by atoms with E-state index < -0.39 is 0 Å². The van der Waals surface area contributed by atoms with Gasteiger partial charge in [-0.1, -0.05) is 40.3 Å². The summed E-state index contributed by atoms with van der Waals surface area (Å²) in [4.78, 5) is 12.6. The predicted molar refractivity (Wildman–Crippen MR) is 93.9 cm³/mol. The first-order chi connectivity index (χ1) is 9.90. The maximum atomic E-state index is 12.4. The zero-order valence-electron chi connectivity index (χ0n) is 11.7. The summed E-state index contributed by atoms with van der Waals surface area (Å²) in [7, 11) is 0. The van der Waals surface area contributed by atoms with Crippen LogP contribution in [-0.2, 0) is 0 Å². The van der Waals surface area contributed by atoms with E-state index in [1.54, 1.807) is 12.1 Å². The van der Waals surface area contributed by atoms with Gasteiger partial charge in [-0.3, -0.25) is 4.79 Å². The molecule has 0 aliphatic rings.